The molecule has 0 aromatic heterocycles. The maximum atomic E-state index is 10.8. The number of aromatic carboxylic acids is 1. The monoisotopic (exact) mass is 251 g/mol. The summed E-state index contributed by atoms with van der Waals surface area (Å²) in [6.45, 7) is 6.65. The Bertz CT molecular complexity index is 379. The van der Waals surface area contributed by atoms with Crippen molar-refractivity contribution >= 4 is 5.97 Å². The summed E-state index contributed by atoms with van der Waals surface area (Å²) in [4.78, 5) is 10.8. The van der Waals surface area contributed by atoms with Crippen molar-refractivity contribution in [2.75, 3.05) is 19.7 Å². The van der Waals surface area contributed by atoms with Crippen molar-refractivity contribution in [3.63, 3.8) is 0 Å². The minimum absolute atomic E-state index is 0.250. The third-order valence-electron chi connectivity index (χ3n) is 2.82. The molecular formula is C14H21NO3. The van der Waals surface area contributed by atoms with Crippen molar-refractivity contribution in [3.8, 4) is 5.75 Å². The molecule has 1 aromatic carbocycles. The van der Waals surface area contributed by atoms with E-state index in [-0.39, 0.29) is 5.56 Å². The first-order valence-electron chi connectivity index (χ1n) is 6.30. The van der Waals surface area contributed by atoms with Crippen molar-refractivity contribution in [3.05, 3.63) is 29.8 Å². The van der Waals surface area contributed by atoms with Crippen molar-refractivity contribution in [1.82, 2.24) is 5.32 Å². The quantitative estimate of drug-likeness (QED) is 0.697. The van der Waals surface area contributed by atoms with E-state index in [9.17, 15) is 4.79 Å². The standard InChI is InChI=1S/C14H21NO3/c1-3-11(2)10-15-7-8-18-13-6-4-5-12(9-13)14(16)17/h4-6,9,11,15H,3,7-8,10H2,1-2H3,(H,16,17). The van der Waals surface area contributed by atoms with Crippen LogP contribution in [0, 0.1) is 5.92 Å². The second-order valence-corrected chi connectivity index (χ2v) is 4.40. The van der Waals surface area contributed by atoms with Crippen molar-refractivity contribution in [1.29, 1.82) is 0 Å². The van der Waals surface area contributed by atoms with E-state index in [0.717, 1.165) is 19.5 Å². The third-order valence-corrected chi connectivity index (χ3v) is 2.82. The molecule has 2 N–H and O–H groups in total. The first-order valence-corrected chi connectivity index (χ1v) is 6.30. The largest absolute Gasteiger partial charge is 0.492 e. The summed E-state index contributed by atoms with van der Waals surface area (Å²) < 4.78 is 5.49. The molecule has 0 amide bonds. The Morgan fingerprint density at radius 2 is 2.28 bits per heavy atom. The molecular weight excluding hydrogens is 230 g/mol. The highest BCUT2D eigenvalue weighted by Crippen LogP contribution is 2.12. The topological polar surface area (TPSA) is 58.6 Å². The number of carbonyl (C=O) groups is 1. The van der Waals surface area contributed by atoms with Gasteiger partial charge >= 0.3 is 5.97 Å². The van der Waals surface area contributed by atoms with Crippen LogP contribution in [0.3, 0.4) is 0 Å². The predicted molar refractivity (Wildman–Crippen MR) is 71.2 cm³/mol. The normalized spacial score (nSPS) is 12.1. The van der Waals surface area contributed by atoms with Gasteiger partial charge in [-0.15, -0.1) is 0 Å². The highest BCUT2D eigenvalue weighted by molar-refractivity contribution is 5.87. The molecule has 0 aliphatic carbocycles. The van der Waals surface area contributed by atoms with E-state index in [1.165, 1.54) is 6.07 Å². The minimum Gasteiger partial charge on any atom is -0.492 e. The summed E-state index contributed by atoms with van der Waals surface area (Å²) in [7, 11) is 0. The lowest BCUT2D eigenvalue weighted by molar-refractivity contribution is 0.0696. The summed E-state index contributed by atoms with van der Waals surface area (Å²) >= 11 is 0. The van der Waals surface area contributed by atoms with Gasteiger partial charge in [-0.2, -0.15) is 0 Å². The van der Waals surface area contributed by atoms with Crippen LogP contribution in [0.5, 0.6) is 5.75 Å². The van der Waals surface area contributed by atoms with Crippen LogP contribution in [0.1, 0.15) is 30.6 Å². The van der Waals surface area contributed by atoms with Crippen molar-refractivity contribution < 1.29 is 14.6 Å². The molecule has 18 heavy (non-hydrogen) atoms. The maximum absolute atomic E-state index is 10.8. The molecule has 100 valence electrons. The third kappa shape index (κ3) is 5.19. The average Bonchev–Trinajstić information content (AvgIpc) is 2.38. The molecule has 0 saturated carbocycles. The first kappa shape index (κ1) is 14.5. The van der Waals surface area contributed by atoms with Crippen LogP contribution in [0.15, 0.2) is 24.3 Å². The van der Waals surface area contributed by atoms with Crippen LogP contribution in [0.4, 0.5) is 0 Å². The van der Waals surface area contributed by atoms with Crippen LogP contribution in [-0.4, -0.2) is 30.8 Å². The second kappa shape index (κ2) is 7.71. The lowest BCUT2D eigenvalue weighted by Gasteiger charge is -2.11. The fourth-order valence-electron chi connectivity index (χ4n) is 1.45. The van der Waals surface area contributed by atoms with Crippen LogP contribution in [-0.2, 0) is 0 Å². The number of rotatable bonds is 8. The summed E-state index contributed by atoms with van der Waals surface area (Å²) in [6.07, 6.45) is 1.16. The molecule has 0 aliphatic rings. The van der Waals surface area contributed by atoms with E-state index < -0.39 is 5.97 Å². The molecule has 0 aliphatic heterocycles. The number of ether oxygens (including phenoxy) is 1. The number of hydrogen-bond donors (Lipinski definition) is 2. The van der Waals surface area contributed by atoms with Crippen molar-refractivity contribution in [2.24, 2.45) is 5.92 Å². The molecule has 0 saturated heterocycles. The molecule has 0 spiro atoms. The van der Waals surface area contributed by atoms with E-state index >= 15 is 0 Å². The summed E-state index contributed by atoms with van der Waals surface area (Å²) in [5.74, 6) is 0.330. The highest BCUT2D eigenvalue weighted by Gasteiger charge is 2.03. The molecule has 0 heterocycles. The molecule has 0 radical (unpaired) electrons. The van der Waals surface area contributed by atoms with E-state index in [2.05, 4.69) is 19.2 Å². The molecule has 0 bridgehead atoms. The van der Waals surface area contributed by atoms with Gasteiger partial charge in [0.1, 0.15) is 12.4 Å². The molecule has 1 atom stereocenters. The maximum Gasteiger partial charge on any atom is 0.335 e. The Morgan fingerprint density at radius 3 is 2.94 bits per heavy atom. The lowest BCUT2D eigenvalue weighted by atomic mass is 10.1. The van der Waals surface area contributed by atoms with E-state index in [1.807, 2.05) is 0 Å². The number of carboxylic acids is 1. The molecule has 4 heteroatoms. The van der Waals surface area contributed by atoms with Gasteiger partial charge in [-0.3, -0.25) is 0 Å². The molecule has 1 rings (SSSR count). The Balaban J connectivity index is 2.27. The van der Waals surface area contributed by atoms with Gasteiger partial charge in [0.25, 0.3) is 0 Å². The SMILES string of the molecule is CCC(C)CNCCOc1cccc(C(=O)O)c1. The average molecular weight is 251 g/mol. The van der Waals surface area contributed by atoms with Gasteiger partial charge in [0.2, 0.25) is 0 Å². The van der Waals surface area contributed by atoms with Crippen LogP contribution < -0.4 is 10.1 Å². The number of nitrogens with one attached hydrogen (secondary N) is 1. The molecule has 0 fully saturated rings. The second-order valence-electron chi connectivity index (χ2n) is 4.40. The van der Waals surface area contributed by atoms with Gasteiger partial charge < -0.3 is 15.2 Å². The first-order chi connectivity index (χ1) is 8.63. The molecule has 1 aromatic rings. The summed E-state index contributed by atoms with van der Waals surface area (Å²) in [5, 5.41) is 12.1. The van der Waals surface area contributed by atoms with E-state index in [1.54, 1.807) is 18.2 Å². The molecule has 1 unspecified atom stereocenters. The van der Waals surface area contributed by atoms with E-state index in [0.29, 0.717) is 18.3 Å². The zero-order chi connectivity index (χ0) is 13.4. The Labute approximate surface area is 108 Å². The number of carboxylic acid groups (broad SMARTS) is 1. The van der Waals surface area contributed by atoms with Crippen LogP contribution in [0.25, 0.3) is 0 Å². The minimum atomic E-state index is -0.935. The number of hydrogen-bond acceptors (Lipinski definition) is 3. The zero-order valence-electron chi connectivity index (χ0n) is 11.0. The fourth-order valence-corrected chi connectivity index (χ4v) is 1.45. The lowest BCUT2D eigenvalue weighted by Crippen LogP contribution is -2.25. The summed E-state index contributed by atoms with van der Waals surface area (Å²) in [5.41, 5.74) is 0.250. The van der Waals surface area contributed by atoms with Gasteiger partial charge in [0.15, 0.2) is 0 Å². The van der Waals surface area contributed by atoms with Gasteiger partial charge in [0.05, 0.1) is 5.56 Å². The van der Waals surface area contributed by atoms with Crippen LogP contribution in [0.2, 0.25) is 0 Å². The Morgan fingerprint density at radius 1 is 1.50 bits per heavy atom. The van der Waals surface area contributed by atoms with Crippen LogP contribution >= 0.6 is 0 Å². The smallest absolute Gasteiger partial charge is 0.335 e. The number of benzene rings is 1. The van der Waals surface area contributed by atoms with Gasteiger partial charge in [0, 0.05) is 6.54 Å². The summed E-state index contributed by atoms with van der Waals surface area (Å²) in [6, 6.07) is 6.54. The zero-order valence-corrected chi connectivity index (χ0v) is 11.0. The fraction of sp³-hybridized carbons (Fsp3) is 0.500. The van der Waals surface area contributed by atoms with Gasteiger partial charge in [-0.05, 0) is 30.7 Å². The predicted octanol–water partition coefficient (Wildman–Crippen LogP) is 2.40. The van der Waals surface area contributed by atoms with E-state index in [4.69, 9.17) is 9.84 Å². The van der Waals surface area contributed by atoms with Gasteiger partial charge in [-0.1, -0.05) is 26.3 Å². The molecule has 4 nitrogen and oxygen atoms in total. The highest BCUT2D eigenvalue weighted by atomic mass is 16.5. The van der Waals surface area contributed by atoms with Crippen molar-refractivity contribution in [2.45, 2.75) is 20.3 Å². The van der Waals surface area contributed by atoms with Gasteiger partial charge in [-0.25, -0.2) is 4.79 Å². The Hall–Kier alpha value is -1.55. The Kier molecular flexibility index (Phi) is 6.22.